The van der Waals surface area contributed by atoms with Crippen molar-refractivity contribution in [2.45, 2.75) is 6.18 Å². The van der Waals surface area contributed by atoms with Gasteiger partial charge in [-0.05, 0) is 18.2 Å². The van der Waals surface area contributed by atoms with E-state index < -0.39 is 17.6 Å². The zero-order valence-electron chi connectivity index (χ0n) is 8.92. The molecular formula is C10H8F4N4. The molecule has 1 heterocycles. The predicted molar refractivity (Wildman–Crippen MR) is 58.9 cm³/mol. The van der Waals surface area contributed by atoms with E-state index in [2.05, 4.69) is 15.3 Å². The molecule has 1 aromatic rings. The lowest BCUT2D eigenvalue weighted by Crippen LogP contribution is -2.13. The van der Waals surface area contributed by atoms with Crippen molar-refractivity contribution in [3.05, 3.63) is 29.6 Å². The highest BCUT2D eigenvalue weighted by Gasteiger charge is 2.31. The number of anilines is 1. The Kier molecular flexibility index (Phi) is 2.93. The van der Waals surface area contributed by atoms with Crippen LogP contribution in [0.1, 0.15) is 5.56 Å². The largest absolute Gasteiger partial charge is 0.416 e. The Morgan fingerprint density at radius 2 is 1.94 bits per heavy atom. The van der Waals surface area contributed by atoms with E-state index in [0.717, 1.165) is 12.1 Å². The maximum Gasteiger partial charge on any atom is 0.416 e. The standard InChI is InChI=1S/C10H8F4N4/c11-6-1-5(10(12,13)14)2-7(3-6)17-9-16-4-8(15)18-9/h1-3H,4H2,(H3,15,16,17,18). The van der Waals surface area contributed by atoms with Gasteiger partial charge in [-0.3, -0.25) is 0 Å². The second kappa shape index (κ2) is 4.28. The fourth-order valence-corrected chi connectivity index (χ4v) is 1.38. The molecular weight excluding hydrogens is 252 g/mol. The molecule has 8 heteroatoms. The van der Waals surface area contributed by atoms with E-state index in [1.807, 2.05) is 0 Å². The van der Waals surface area contributed by atoms with Gasteiger partial charge in [0.25, 0.3) is 0 Å². The number of amidine groups is 1. The molecule has 0 radical (unpaired) electrons. The van der Waals surface area contributed by atoms with Crippen molar-refractivity contribution in [2.75, 3.05) is 11.9 Å². The molecule has 96 valence electrons. The number of hydrogen-bond donors (Lipinski definition) is 2. The van der Waals surface area contributed by atoms with Gasteiger partial charge in [0.15, 0.2) is 0 Å². The Morgan fingerprint density at radius 3 is 2.50 bits per heavy atom. The zero-order chi connectivity index (χ0) is 13.3. The molecule has 0 fully saturated rings. The molecule has 0 bridgehead atoms. The Bertz CT molecular complexity index is 533. The number of aliphatic imine (C=N–C) groups is 2. The van der Waals surface area contributed by atoms with E-state index in [-0.39, 0.29) is 24.0 Å². The summed E-state index contributed by atoms with van der Waals surface area (Å²) in [5.41, 5.74) is 4.18. The fourth-order valence-electron chi connectivity index (χ4n) is 1.38. The van der Waals surface area contributed by atoms with Crippen molar-refractivity contribution in [2.24, 2.45) is 15.7 Å². The van der Waals surface area contributed by atoms with Crippen LogP contribution in [-0.4, -0.2) is 18.3 Å². The Balaban J connectivity index is 2.26. The van der Waals surface area contributed by atoms with Crippen molar-refractivity contribution in [1.82, 2.24) is 0 Å². The molecule has 0 atom stereocenters. The lowest BCUT2D eigenvalue weighted by atomic mass is 10.2. The lowest BCUT2D eigenvalue weighted by molar-refractivity contribution is -0.137. The van der Waals surface area contributed by atoms with Gasteiger partial charge in [0.05, 0.1) is 5.56 Å². The second-order valence-corrected chi connectivity index (χ2v) is 3.59. The van der Waals surface area contributed by atoms with Crippen molar-refractivity contribution in [3.8, 4) is 0 Å². The first-order valence-electron chi connectivity index (χ1n) is 4.87. The molecule has 18 heavy (non-hydrogen) atoms. The predicted octanol–water partition coefficient (Wildman–Crippen LogP) is 1.98. The van der Waals surface area contributed by atoms with Crippen LogP contribution in [0.15, 0.2) is 28.2 Å². The zero-order valence-corrected chi connectivity index (χ0v) is 8.92. The van der Waals surface area contributed by atoms with Crippen molar-refractivity contribution < 1.29 is 17.6 Å². The highest BCUT2D eigenvalue weighted by Crippen LogP contribution is 2.31. The molecule has 3 N–H and O–H groups in total. The van der Waals surface area contributed by atoms with Crippen LogP contribution in [0.5, 0.6) is 0 Å². The first kappa shape index (κ1) is 12.3. The number of nitrogens with two attached hydrogens (primary N) is 1. The third kappa shape index (κ3) is 2.76. The number of alkyl halides is 3. The molecule has 1 aliphatic heterocycles. The molecule has 0 amide bonds. The van der Waals surface area contributed by atoms with E-state index in [9.17, 15) is 17.6 Å². The van der Waals surface area contributed by atoms with Gasteiger partial charge in [-0.1, -0.05) is 0 Å². The average molecular weight is 260 g/mol. The molecule has 0 aliphatic carbocycles. The molecule has 0 saturated heterocycles. The van der Waals surface area contributed by atoms with Gasteiger partial charge in [-0.25, -0.2) is 9.38 Å². The molecule has 1 aromatic carbocycles. The number of benzene rings is 1. The van der Waals surface area contributed by atoms with Gasteiger partial charge in [0.2, 0.25) is 5.96 Å². The van der Waals surface area contributed by atoms with Crippen LogP contribution in [-0.2, 0) is 6.18 Å². The summed E-state index contributed by atoms with van der Waals surface area (Å²) in [5, 5.41) is 2.47. The number of guanidine groups is 1. The molecule has 2 rings (SSSR count). The third-order valence-electron chi connectivity index (χ3n) is 2.12. The molecule has 0 aromatic heterocycles. The minimum absolute atomic E-state index is 0.0613. The summed E-state index contributed by atoms with van der Waals surface area (Å²) in [5.74, 6) is -0.695. The summed E-state index contributed by atoms with van der Waals surface area (Å²) in [4.78, 5) is 7.54. The number of rotatable bonds is 1. The van der Waals surface area contributed by atoms with Gasteiger partial charge >= 0.3 is 6.18 Å². The van der Waals surface area contributed by atoms with Crippen LogP contribution >= 0.6 is 0 Å². The van der Waals surface area contributed by atoms with Gasteiger partial charge in [-0.2, -0.15) is 18.2 Å². The molecule has 4 nitrogen and oxygen atoms in total. The first-order valence-corrected chi connectivity index (χ1v) is 4.87. The summed E-state index contributed by atoms with van der Waals surface area (Å²) < 4.78 is 50.4. The highest BCUT2D eigenvalue weighted by atomic mass is 19.4. The maximum atomic E-state index is 13.1. The highest BCUT2D eigenvalue weighted by molar-refractivity contribution is 6.07. The fraction of sp³-hybridized carbons (Fsp3) is 0.200. The third-order valence-corrected chi connectivity index (χ3v) is 2.12. The van der Waals surface area contributed by atoms with E-state index in [4.69, 9.17) is 5.73 Å². The van der Waals surface area contributed by atoms with Crippen LogP contribution in [0.2, 0.25) is 0 Å². The monoisotopic (exact) mass is 260 g/mol. The molecule has 0 spiro atoms. The van der Waals surface area contributed by atoms with Gasteiger partial charge < -0.3 is 11.1 Å². The molecule has 0 unspecified atom stereocenters. The number of halogens is 4. The van der Waals surface area contributed by atoms with Gasteiger partial charge in [-0.15, -0.1) is 0 Å². The molecule has 0 saturated carbocycles. The van der Waals surface area contributed by atoms with Crippen LogP contribution in [0.3, 0.4) is 0 Å². The van der Waals surface area contributed by atoms with Crippen LogP contribution < -0.4 is 11.1 Å². The Labute approximate surface area is 99.2 Å². The topological polar surface area (TPSA) is 62.8 Å². The SMILES string of the molecule is NC1=NC(Nc2cc(F)cc(C(F)(F)F)c2)=NC1. The van der Waals surface area contributed by atoms with E-state index >= 15 is 0 Å². The second-order valence-electron chi connectivity index (χ2n) is 3.59. The summed E-state index contributed by atoms with van der Waals surface area (Å²) in [7, 11) is 0. The van der Waals surface area contributed by atoms with Crippen LogP contribution in [0.25, 0.3) is 0 Å². The van der Waals surface area contributed by atoms with E-state index in [1.165, 1.54) is 0 Å². The minimum atomic E-state index is -4.61. The molecule has 1 aliphatic rings. The Hall–Kier alpha value is -2.12. The lowest BCUT2D eigenvalue weighted by Gasteiger charge is -2.10. The van der Waals surface area contributed by atoms with E-state index in [0.29, 0.717) is 6.07 Å². The number of hydrogen-bond acceptors (Lipinski definition) is 4. The van der Waals surface area contributed by atoms with Crippen LogP contribution in [0, 0.1) is 5.82 Å². The smallest absolute Gasteiger partial charge is 0.385 e. The number of nitrogens with one attached hydrogen (secondary N) is 1. The minimum Gasteiger partial charge on any atom is -0.385 e. The van der Waals surface area contributed by atoms with Gasteiger partial charge in [0.1, 0.15) is 18.2 Å². The maximum absolute atomic E-state index is 13.1. The summed E-state index contributed by atoms with van der Waals surface area (Å²) in [6.45, 7) is 0.170. The normalized spacial score (nSPS) is 15.3. The van der Waals surface area contributed by atoms with E-state index in [1.54, 1.807) is 0 Å². The van der Waals surface area contributed by atoms with Crippen molar-refractivity contribution in [3.63, 3.8) is 0 Å². The van der Waals surface area contributed by atoms with Gasteiger partial charge in [0, 0.05) is 5.69 Å². The summed E-state index contributed by atoms with van der Waals surface area (Å²) in [6, 6.07) is 2.11. The quantitative estimate of drug-likeness (QED) is 0.758. The average Bonchev–Trinajstić information content (AvgIpc) is 2.61. The van der Waals surface area contributed by atoms with Crippen LogP contribution in [0.4, 0.5) is 23.2 Å². The summed E-state index contributed by atoms with van der Waals surface area (Å²) >= 11 is 0. The Morgan fingerprint density at radius 1 is 1.22 bits per heavy atom. The van der Waals surface area contributed by atoms with Crippen molar-refractivity contribution in [1.29, 1.82) is 0 Å². The summed E-state index contributed by atoms with van der Waals surface area (Å²) in [6.07, 6.45) is -4.61. The number of nitrogens with zero attached hydrogens (tertiary/aromatic N) is 2. The first-order chi connectivity index (χ1) is 8.34. The van der Waals surface area contributed by atoms with Crippen molar-refractivity contribution >= 4 is 17.5 Å².